The van der Waals surface area contributed by atoms with Crippen LogP contribution in [0.2, 0.25) is 0 Å². The minimum absolute atomic E-state index is 0.317. The summed E-state index contributed by atoms with van der Waals surface area (Å²) in [5.74, 6) is 1.92. The monoisotopic (exact) mass is 263 g/mol. The van der Waals surface area contributed by atoms with E-state index in [1.807, 2.05) is 6.07 Å². The first-order valence-electron chi connectivity index (χ1n) is 7.24. The second kappa shape index (κ2) is 6.80. The molecule has 1 saturated carbocycles. The van der Waals surface area contributed by atoms with Crippen molar-refractivity contribution in [1.29, 1.82) is 0 Å². The van der Waals surface area contributed by atoms with Crippen LogP contribution in [0.1, 0.15) is 31.2 Å². The van der Waals surface area contributed by atoms with E-state index in [-0.39, 0.29) is 0 Å². The van der Waals surface area contributed by atoms with Crippen molar-refractivity contribution in [2.75, 3.05) is 25.6 Å². The van der Waals surface area contributed by atoms with Gasteiger partial charge < -0.3 is 15.2 Å². The van der Waals surface area contributed by atoms with Gasteiger partial charge in [-0.05, 0) is 49.3 Å². The molecule has 19 heavy (non-hydrogen) atoms. The van der Waals surface area contributed by atoms with Gasteiger partial charge in [-0.15, -0.1) is 0 Å². The molecule has 1 aliphatic rings. The summed E-state index contributed by atoms with van der Waals surface area (Å²) in [5.41, 5.74) is 2.29. The van der Waals surface area contributed by atoms with Crippen LogP contribution >= 0.6 is 0 Å². The molecule has 1 fully saturated rings. The quantitative estimate of drug-likeness (QED) is 0.857. The van der Waals surface area contributed by atoms with E-state index in [0.717, 1.165) is 24.4 Å². The van der Waals surface area contributed by atoms with Crippen LogP contribution in [0.3, 0.4) is 0 Å². The Bertz CT molecular complexity index is 406. The van der Waals surface area contributed by atoms with Gasteiger partial charge in [-0.1, -0.05) is 18.9 Å². The Balaban J connectivity index is 1.99. The highest BCUT2D eigenvalue weighted by Crippen LogP contribution is 2.31. The minimum atomic E-state index is 0.317. The molecule has 106 valence electrons. The lowest BCUT2D eigenvalue weighted by atomic mass is 9.79. The van der Waals surface area contributed by atoms with Gasteiger partial charge in [0.1, 0.15) is 5.75 Å². The van der Waals surface area contributed by atoms with Crippen molar-refractivity contribution in [2.24, 2.45) is 11.8 Å². The molecule has 3 heteroatoms. The fourth-order valence-corrected chi connectivity index (χ4v) is 2.99. The number of hydrogen-bond acceptors (Lipinski definition) is 3. The van der Waals surface area contributed by atoms with E-state index in [2.05, 4.69) is 24.4 Å². The van der Waals surface area contributed by atoms with Gasteiger partial charge >= 0.3 is 0 Å². The molecule has 0 saturated heterocycles. The predicted molar refractivity (Wildman–Crippen MR) is 78.8 cm³/mol. The average Bonchev–Trinajstić information content (AvgIpc) is 2.45. The maximum atomic E-state index is 9.45. The van der Waals surface area contributed by atoms with Crippen LogP contribution in [0.5, 0.6) is 5.75 Å². The molecule has 0 radical (unpaired) electrons. The maximum Gasteiger partial charge on any atom is 0.141 e. The first kappa shape index (κ1) is 14.2. The largest absolute Gasteiger partial charge is 0.495 e. The Hall–Kier alpha value is -1.22. The SMILES string of the molecule is COc1ccc(C)cc1NCC1CCCCC1CO. The van der Waals surface area contributed by atoms with E-state index in [0.29, 0.717) is 18.4 Å². The van der Waals surface area contributed by atoms with Crippen molar-refractivity contribution < 1.29 is 9.84 Å². The number of benzene rings is 1. The van der Waals surface area contributed by atoms with E-state index in [4.69, 9.17) is 4.74 Å². The van der Waals surface area contributed by atoms with Crippen LogP contribution in [0.15, 0.2) is 18.2 Å². The number of aliphatic hydroxyl groups is 1. The van der Waals surface area contributed by atoms with Gasteiger partial charge in [0.15, 0.2) is 0 Å². The van der Waals surface area contributed by atoms with Crippen molar-refractivity contribution in [3.63, 3.8) is 0 Å². The molecule has 0 heterocycles. The van der Waals surface area contributed by atoms with Gasteiger partial charge in [0.05, 0.1) is 12.8 Å². The lowest BCUT2D eigenvalue weighted by Crippen LogP contribution is -2.28. The number of anilines is 1. The molecule has 1 aromatic rings. The topological polar surface area (TPSA) is 41.5 Å². The Kier molecular flexibility index (Phi) is 5.08. The summed E-state index contributed by atoms with van der Waals surface area (Å²) < 4.78 is 5.38. The van der Waals surface area contributed by atoms with Crippen molar-refractivity contribution >= 4 is 5.69 Å². The summed E-state index contributed by atoms with van der Waals surface area (Å²) in [5, 5.41) is 13.0. The molecule has 0 aliphatic heterocycles. The summed E-state index contributed by atoms with van der Waals surface area (Å²) in [6.45, 7) is 3.32. The highest BCUT2D eigenvalue weighted by molar-refractivity contribution is 5.58. The smallest absolute Gasteiger partial charge is 0.141 e. The maximum absolute atomic E-state index is 9.45. The predicted octanol–water partition coefficient (Wildman–Crippen LogP) is 3.21. The molecule has 0 spiro atoms. The van der Waals surface area contributed by atoms with Crippen LogP contribution in [-0.4, -0.2) is 25.4 Å². The van der Waals surface area contributed by atoms with Crippen LogP contribution in [0.4, 0.5) is 5.69 Å². The molecular formula is C16H25NO2. The van der Waals surface area contributed by atoms with Crippen molar-refractivity contribution in [1.82, 2.24) is 0 Å². The standard InChI is InChI=1S/C16H25NO2/c1-12-7-8-16(19-2)15(9-12)17-10-13-5-3-4-6-14(13)11-18/h7-9,13-14,17-18H,3-6,10-11H2,1-2H3. The van der Waals surface area contributed by atoms with E-state index >= 15 is 0 Å². The summed E-state index contributed by atoms with van der Waals surface area (Å²) in [7, 11) is 1.70. The fraction of sp³-hybridized carbons (Fsp3) is 0.625. The zero-order valence-corrected chi connectivity index (χ0v) is 12.0. The number of hydrogen-bond donors (Lipinski definition) is 2. The van der Waals surface area contributed by atoms with Gasteiger partial charge in [-0.25, -0.2) is 0 Å². The molecule has 2 N–H and O–H groups in total. The fourth-order valence-electron chi connectivity index (χ4n) is 2.99. The van der Waals surface area contributed by atoms with Crippen LogP contribution in [0, 0.1) is 18.8 Å². The Labute approximate surface area is 116 Å². The van der Waals surface area contributed by atoms with Crippen LogP contribution < -0.4 is 10.1 Å². The van der Waals surface area contributed by atoms with E-state index in [9.17, 15) is 5.11 Å². The molecule has 0 aromatic heterocycles. The normalized spacial score (nSPS) is 23.1. The van der Waals surface area contributed by atoms with E-state index in [1.165, 1.54) is 24.8 Å². The Morgan fingerprint density at radius 3 is 2.68 bits per heavy atom. The highest BCUT2D eigenvalue weighted by Gasteiger charge is 2.24. The number of nitrogens with one attached hydrogen (secondary N) is 1. The van der Waals surface area contributed by atoms with Crippen LogP contribution in [0.25, 0.3) is 0 Å². The lowest BCUT2D eigenvalue weighted by molar-refractivity contribution is 0.141. The number of rotatable bonds is 5. The number of aliphatic hydroxyl groups excluding tert-OH is 1. The molecule has 2 rings (SSSR count). The van der Waals surface area contributed by atoms with Gasteiger partial charge in [-0.3, -0.25) is 0 Å². The average molecular weight is 263 g/mol. The van der Waals surface area contributed by atoms with E-state index in [1.54, 1.807) is 7.11 Å². The molecule has 2 atom stereocenters. The van der Waals surface area contributed by atoms with Crippen molar-refractivity contribution in [2.45, 2.75) is 32.6 Å². The number of methoxy groups -OCH3 is 1. The summed E-state index contributed by atoms with van der Waals surface area (Å²) in [6, 6.07) is 6.18. The summed E-state index contributed by atoms with van der Waals surface area (Å²) >= 11 is 0. The number of aryl methyl sites for hydroxylation is 1. The Morgan fingerprint density at radius 2 is 2.00 bits per heavy atom. The third-order valence-corrected chi connectivity index (χ3v) is 4.21. The lowest BCUT2D eigenvalue weighted by Gasteiger charge is -2.30. The minimum Gasteiger partial charge on any atom is -0.495 e. The second-order valence-electron chi connectivity index (χ2n) is 5.57. The first-order chi connectivity index (χ1) is 9.24. The first-order valence-corrected chi connectivity index (χ1v) is 7.24. The molecule has 1 aliphatic carbocycles. The van der Waals surface area contributed by atoms with Gasteiger partial charge in [0.2, 0.25) is 0 Å². The third kappa shape index (κ3) is 3.63. The second-order valence-corrected chi connectivity index (χ2v) is 5.57. The van der Waals surface area contributed by atoms with E-state index < -0.39 is 0 Å². The number of ether oxygens (including phenoxy) is 1. The van der Waals surface area contributed by atoms with Crippen molar-refractivity contribution in [3.8, 4) is 5.75 Å². The molecule has 0 amide bonds. The van der Waals surface area contributed by atoms with Crippen LogP contribution in [-0.2, 0) is 0 Å². The van der Waals surface area contributed by atoms with Gasteiger partial charge in [0.25, 0.3) is 0 Å². The highest BCUT2D eigenvalue weighted by atomic mass is 16.5. The molecule has 0 bridgehead atoms. The van der Waals surface area contributed by atoms with Gasteiger partial charge in [0, 0.05) is 13.2 Å². The zero-order chi connectivity index (χ0) is 13.7. The Morgan fingerprint density at radius 1 is 1.26 bits per heavy atom. The molecule has 2 unspecified atom stereocenters. The van der Waals surface area contributed by atoms with Crippen molar-refractivity contribution in [3.05, 3.63) is 23.8 Å². The summed E-state index contributed by atoms with van der Waals surface area (Å²) in [6.07, 6.45) is 4.92. The molecule has 1 aromatic carbocycles. The third-order valence-electron chi connectivity index (χ3n) is 4.21. The zero-order valence-electron chi connectivity index (χ0n) is 12.0. The molecule has 3 nitrogen and oxygen atoms in total. The van der Waals surface area contributed by atoms with Gasteiger partial charge in [-0.2, -0.15) is 0 Å². The summed E-state index contributed by atoms with van der Waals surface area (Å²) in [4.78, 5) is 0. The molecular weight excluding hydrogens is 238 g/mol.